The van der Waals surface area contributed by atoms with Crippen LogP contribution in [0.1, 0.15) is 31.5 Å². The molecule has 0 aliphatic carbocycles. The highest BCUT2D eigenvalue weighted by molar-refractivity contribution is 7.20. The van der Waals surface area contributed by atoms with E-state index in [1.807, 2.05) is 24.4 Å². The van der Waals surface area contributed by atoms with Gasteiger partial charge in [0.15, 0.2) is 0 Å². The molecule has 0 saturated carbocycles. The van der Waals surface area contributed by atoms with E-state index in [0.29, 0.717) is 26.5 Å². The van der Waals surface area contributed by atoms with E-state index in [-0.39, 0.29) is 5.56 Å². The molecule has 3 aromatic heterocycles. The molecule has 3 rings (SSSR count). The van der Waals surface area contributed by atoms with Crippen molar-refractivity contribution in [2.24, 2.45) is 0 Å². The summed E-state index contributed by atoms with van der Waals surface area (Å²) >= 11 is 2.80. The topological polar surface area (TPSA) is 72.0 Å². The van der Waals surface area contributed by atoms with Gasteiger partial charge < -0.3 is 9.72 Å². The number of thiophene rings is 2. The maximum atomic E-state index is 12.3. The second-order valence-corrected chi connectivity index (χ2v) is 6.93. The van der Waals surface area contributed by atoms with Crippen LogP contribution in [0.4, 0.5) is 0 Å². The Kier molecular flexibility index (Phi) is 4.14. The molecule has 23 heavy (non-hydrogen) atoms. The van der Waals surface area contributed by atoms with Crippen LogP contribution in [0.15, 0.2) is 16.2 Å². The lowest BCUT2D eigenvalue weighted by Crippen LogP contribution is -2.09. The molecular weight excluding hydrogens is 332 g/mol. The van der Waals surface area contributed by atoms with Gasteiger partial charge in [0.25, 0.3) is 5.56 Å². The number of aryl methyl sites for hydroxylation is 2. The molecule has 0 aromatic carbocycles. The van der Waals surface area contributed by atoms with E-state index in [9.17, 15) is 9.59 Å². The van der Waals surface area contributed by atoms with Crippen LogP contribution < -0.4 is 5.56 Å². The maximum Gasteiger partial charge on any atom is 0.348 e. The van der Waals surface area contributed by atoms with E-state index in [4.69, 9.17) is 4.74 Å². The lowest BCUT2D eigenvalue weighted by molar-refractivity contribution is 0.0605. The Labute approximate surface area is 140 Å². The first-order valence-corrected chi connectivity index (χ1v) is 8.54. The van der Waals surface area contributed by atoms with Crippen molar-refractivity contribution in [1.82, 2.24) is 9.97 Å². The molecule has 0 atom stereocenters. The van der Waals surface area contributed by atoms with Crippen LogP contribution in [-0.4, -0.2) is 23.0 Å². The zero-order valence-electron chi connectivity index (χ0n) is 12.8. The molecule has 0 radical (unpaired) electrons. The average Bonchev–Trinajstić information content (AvgIpc) is 3.08. The molecule has 118 valence electrons. The number of nitrogens with one attached hydrogen (secondary N) is 1. The van der Waals surface area contributed by atoms with Gasteiger partial charge in [-0.15, -0.1) is 22.7 Å². The van der Waals surface area contributed by atoms with Crippen molar-refractivity contribution in [2.45, 2.75) is 13.8 Å². The zero-order chi connectivity index (χ0) is 16.6. The number of ether oxygens (including phenoxy) is 1. The number of methoxy groups -OCH3 is 1. The minimum Gasteiger partial charge on any atom is -0.465 e. The summed E-state index contributed by atoms with van der Waals surface area (Å²) in [5.41, 5.74) is 1.53. The molecule has 0 fully saturated rings. The van der Waals surface area contributed by atoms with Crippen LogP contribution in [-0.2, 0) is 4.74 Å². The van der Waals surface area contributed by atoms with Crippen molar-refractivity contribution in [3.05, 3.63) is 48.5 Å². The van der Waals surface area contributed by atoms with Crippen molar-refractivity contribution in [3.63, 3.8) is 0 Å². The molecule has 0 amide bonds. The van der Waals surface area contributed by atoms with Gasteiger partial charge >= 0.3 is 5.97 Å². The number of hydrogen-bond acceptors (Lipinski definition) is 6. The highest BCUT2D eigenvalue weighted by Gasteiger charge is 2.19. The Morgan fingerprint density at radius 1 is 1.35 bits per heavy atom. The Hall–Kier alpha value is -2.25. The van der Waals surface area contributed by atoms with Gasteiger partial charge in [-0.05, 0) is 48.6 Å². The summed E-state index contributed by atoms with van der Waals surface area (Å²) in [4.78, 5) is 33.3. The molecule has 0 unspecified atom stereocenters. The summed E-state index contributed by atoms with van der Waals surface area (Å²) in [6, 6.07) is 2.04. The summed E-state index contributed by atoms with van der Waals surface area (Å²) in [7, 11) is 1.32. The molecule has 0 saturated heterocycles. The third-order valence-corrected chi connectivity index (χ3v) is 5.63. The Balaban J connectivity index is 2.08. The average molecular weight is 346 g/mol. The minimum absolute atomic E-state index is 0.249. The fraction of sp³-hybridized carbons (Fsp3) is 0.188. The van der Waals surface area contributed by atoms with Crippen molar-refractivity contribution in [1.29, 1.82) is 0 Å². The number of carbonyl (C=O) groups excluding carboxylic acids is 1. The summed E-state index contributed by atoms with van der Waals surface area (Å²) in [6.45, 7) is 3.76. The number of H-pyrrole nitrogens is 1. The number of nitrogens with zero attached hydrogens (tertiary/aromatic N) is 1. The number of aromatic amines is 1. The highest BCUT2D eigenvalue weighted by Crippen LogP contribution is 2.27. The summed E-state index contributed by atoms with van der Waals surface area (Å²) < 4.78 is 4.75. The quantitative estimate of drug-likeness (QED) is 0.735. The SMILES string of the molecule is COC(=O)c1sc2nc(/C=C/c3sccc3C)[nH]c(=O)c2c1C. The Morgan fingerprint density at radius 3 is 2.78 bits per heavy atom. The monoisotopic (exact) mass is 346 g/mol. The minimum atomic E-state index is -0.448. The first-order valence-electron chi connectivity index (χ1n) is 6.85. The van der Waals surface area contributed by atoms with Gasteiger partial charge in [-0.2, -0.15) is 0 Å². The third-order valence-electron chi connectivity index (χ3n) is 3.48. The van der Waals surface area contributed by atoms with Crippen molar-refractivity contribution in [3.8, 4) is 0 Å². The first kappa shape index (κ1) is 15.6. The van der Waals surface area contributed by atoms with Gasteiger partial charge in [-0.3, -0.25) is 4.79 Å². The van der Waals surface area contributed by atoms with E-state index in [0.717, 1.165) is 4.88 Å². The van der Waals surface area contributed by atoms with Crippen LogP contribution in [0.5, 0.6) is 0 Å². The molecule has 5 nitrogen and oxygen atoms in total. The van der Waals surface area contributed by atoms with Crippen LogP contribution in [0.2, 0.25) is 0 Å². The summed E-state index contributed by atoms with van der Waals surface area (Å²) in [5, 5.41) is 2.46. The smallest absolute Gasteiger partial charge is 0.348 e. The predicted molar refractivity (Wildman–Crippen MR) is 94.3 cm³/mol. The highest BCUT2D eigenvalue weighted by atomic mass is 32.1. The number of fused-ring (bicyclic) bond motifs is 1. The van der Waals surface area contributed by atoms with E-state index in [1.54, 1.807) is 24.3 Å². The van der Waals surface area contributed by atoms with Crippen LogP contribution >= 0.6 is 22.7 Å². The standard InChI is InChI=1S/C16H14N2O3S2/c1-8-6-7-22-10(8)4-5-11-17-14(19)12-9(2)13(16(20)21-3)23-15(12)18-11/h4-7H,1-3H3,(H,17,18,19)/b5-4+. The van der Waals surface area contributed by atoms with E-state index >= 15 is 0 Å². The molecule has 7 heteroatoms. The van der Waals surface area contributed by atoms with Gasteiger partial charge in [0.2, 0.25) is 0 Å². The van der Waals surface area contributed by atoms with Gasteiger partial charge in [-0.1, -0.05) is 0 Å². The number of aromatic nitrogens is 2. The lowest BCUT2D eigenvalue weighted by atomic mass is 10.2. The maximum absolute atomic E-state index is 12.3. The van der Waals surface area contributed by atoms with E-state index in [2.05, 4.69) is 9.97 Å². The van der Waals surface area contributed by atoms with Crippen LogP contribution in [0, 0.1) is 13.8 Å². The van der Waals surface area contributed by atoms with Crippen molar-refractivity contribution >= 4 is 51.0 Å². The summed E-state index contributed by atoms with van der Waals surface area (Å²) in [6.07, 6.45) is 3.69. The summed E-state index contributed by atoms with van der Waals surface area (Å²) in [5.74, 6) is 0.0177. The fourth-order valence-electron chi connectivity index (χ4n) is 2.24. The molecule has 0 bridgehead atoms. The molecule has 0 aliphatic rings. The van der Waals surface area contributed by atoms with E-state index in [1.165, 1.54) is 24.0 Å². The second kappa shape index (κ2) is 6.10. The number of carbonyl (C=O) groups is 1. The predicted octanol–water partition coefficient (Wildman–Crippen LogP) is 3.62. The van der Waals surface area contributed by atoms with Gasteiger partial charge in [0.1, 0.15) is 15.5 Å². The molecule has 3 aromatic rings. The second-order valence-electron chi connectivity index (χ2n) is 4.98. The number of rotatable bonds is 3. The largest absolute Gasteiger partial charge is 0.465 e. The van der Waals surface area contributed by atoms with Crippen LogP contribution in [0.3, 0.4) is 0 Å². The first-order chi connectivity index (χ1) is 11.0. The number of esters is 1. The van der Waals surface area contributed by atoms with E-state index < -0.39 is 5.97 Å². The van der Waals surface area contributed by atoms with Gasteiger partial charge in [0.05, 0.1) is 12.5 Å². The lowest BCUT2D eigenvalue weighted by Gasteiger charge is -1.96. The molecule has 0 spiro atoms. The Morgan fingerprint density at radius 2 is 2.13 bits per heavy atom. The normalized spacial score (nSPS) is 11.4. The van der Waals surface area contributed by atoms with Crippen molar-refractivity contribution < 1.29 is 9.53 Å². The third kappa shape index (κ3) is 2.85. The molecule has 1 N–H and O–H groups in total. The molecule has 0 aliphatic heterocycles. The molecule has 3 heterocycles. The number of hydrogen-bond donors (Lipinski definition) is 1. The molecular formula is C16H14N2O3S2. The van der Waals surface area contributed by atoms with Crippen LogP contribution in [0.25, 0.3) is 22.4 Å². The fourth-order valence-corrected chi connectivity index (χ4v) is 4.16. The Bertz CT molecular complexity index is 979. The van der Waals surface area contributed by atoms with Crippen molar-refractivity contribution in [2.75, 3.05) is 7.11 Å². The zero-order valence-corrected chi connectivity index (χ0v) is 14.4. The van der Waals surface area contributed by atoms with Gasteiger partial charge in [-0.25, -0.2) is 9.78 Å². The van der Waals surface area contributed by atoms with Gasteiger partial charge in [0, 0.05) is 4.88 Å².